The quantitative estimate of drug-likeness (QED) is 0.397. The average molecular weight is 463 g/mol. The molecule has 0 spiro atoms. The predicted molar refractivity (Wildman–Crippen MR) is 127 cm³/mol. The molecule has 4 aromatic rings. The lowest BCUT2D eigenvalue weighted by Crippen LogP contribution is -2.26. The molecule has 0 aliphatic heterocycles. The molecule has 0 bridgehead atoms. The van der Waals surface area contributed by atoms with Gasteiger partial charge in [-0.05, 0) is 47.5 Å². The van der Waals surface area contributed by atoms with Gasteiger partial charge < -0.3 is 9.30 Å². The summed E-state index contributed by atoms with van der Waals surface area (Å²) >= 11 is 0. The van der Waals surface area contributed by atoms with Gasteiger partial charge in [0.1, 0.15) is 5.75 Å². The summed E-state index contributed by atoms with van der Waals surface area (Å²) in [6, 6.07) is 18.4. The highest BCUT2D eigenvalue weighted by atomic mass is 32.2. The highest BCUT2D eigenvalue weighted by Gasteiger charge is 2.23. The van der Waals surface area contributed by atoms with E-state index in [1.807, 2.05) is 66.3 Å². The van der Waals surface area contributed by atoms with Crippen molar-refractivity contribution in [1.29, 1.82) is 0 Å². The van der Waals surface area contributed by atoms with Crippen LogP contribution >= 0.6 is 0 Å². The summed E-state index contributed by atoms with van der Waals surface area (Å²) in [5, 5.41) is 0. The molecular weight excluding hydrogens is 436 g/mol. The Morgan fingerprint density at radius 2 is 1.82 bits per heavy atom. The van der Waals surface area contributed by atoms with Crippen LogP contribution < -0.4 is 4.74 Å². The zero-order valence-electron chi connectivity index (χ0n) is 18.8. The van der Waals surface area contributed by atoms with Crippen LogP contribution in [0.15, 0.2) is 84.3 Å². The number of hydrogen-bond donors (Lipinski definition) is 0. The van der Waals surface area contributed by atoms with E-state index in [2.05, 4.69) is 9.97 Å². The van der Waals surface area contributed by atoms with E-state index in [0.29, 0.717) is 6.42 Å². The molecule has 2 aromatic carbocycles. The van der Waals surface area contributed by atoms with Gasteiger partial charge in [-0.1, -0.05) is 24.3 Å². The van der Waals surface area contributed by atoms with E-state index in [4.69, 9.17) is 4.74 Å². The van der Waals surface area contributed by atoms with Crippen LogP contribution in [-0.4, -0.2) is 41.4 Å². The van der Waals surface area contributed by atoms with Crippen molar-refractivity contribution in [3.05, 3.63) is 96.2 Å². The molecule has 0 radical (unpaired) electrons. The van der Waals surface area contributed by atoms with E-state index in [9.17, 15) is 8.42 Å². The third-order valence-corrected chi connectivity index (χ3v) is 7.23. The van der Waals surface area contributed by atoms with E-state index < -0.39 is 10.0 Å². The van der Waals surface area contributed by atoms with Crippen LogP contribution in [-0.2, 0) is 30.0 Å². The van der Waals surface area contributed by atoms with Crippen molar-refractivity contribution in [3.63, 3.8) is 0 Å². The molecule has 0 saturated heterocycles. The second-order valence-corrected chi connectivity index (χ2v) is 9.90. The standard InChI is InChI=1S/C25H26N4O3S/c1-28-17-25(27-18-28)24-15-23(12-9-20(24)14-21-6-4-5-13-26-21)33(30,31)29(2)16-19-7-10-22(32-3)11-8-19/h4-13,15,17-18H,14,16H2,1-3H3. The van der Waals surface area contributed by atoms with Gasteiger partial charge >= 0.3 is 0 Å². The van der Waals surface area contributed by atoms with E-state index >= 15 is 0 Å². The summed E-state index contributed by atoms with van der Waals surface area (Å²) in [6.07, 6.45) is 5.92. The Kier molecular flexibility index (Phi) is 6.57. The number of rotatable bonds is 8. The van der Waals surface area contributed by atoms with Crippen molar-refractivity contribution in [2.24, 2.45) is 7.05 Å². The van der Waals surface area contributed by atoms with Gasteiger partial charge in [0, 0.05) is 50.7 Å². The number of methoxy groups -OCH3 is 1. The maximum atomic E-state index is 13.4. The maximum absolute atomic E-state index is 13.4. The Labute approximate surface area is 194 Å². The predicted octanol–water partition coefficient (Wildman–Crippen LogP) is 3.90. The molecule has 8 heteroatoms. The molecule has 2 aromatic heterocycles. The van der Waals surface area contributed by atoms with Crippen LogP contribution in [0.1, 0.15) is 16.8 Å². The fourth-order valence-electron chi connectivity index (χ4n) is 3.61. The zero-order valence-corrected chi connectivity index (χ0v) is 19.7. The molecule has 0 amide bonds. The molecule has 0 atom stereocenters. The Morgan fingerprint density at radius 3 is 2.45 bits per heavy atom. The molecule has 0 aliphatic rings. The first-order valence-electron chi connectivity index (χ1n) is 10.5. The average Bonchev–Trinajstić information content (AvgIpc) is 3.26. The van der Waals surface area contributed by atoms with Crippen LogP contribution in [0, 0.1) is 0 Å². The van der Waals surface area contributed by atoms with E-state index in [1.54, 1.807) is 38.8 Å². The van der Waals surface area contributed by atoms with Crippen LogP contribution in [0.25, 0.3) is 11.3 Å². The second kappa shape index (κ2) is 9.56. The summed E-state index contributed by atoms with van der Waals surface area (Å²) in [5.74, 6) is 0.729. The van der Waals surface area contributed by atoms with Gasteiger partial charge in [-0.25, -0.2) is 13.4 Å². The van der Waals surface area contributed by atoms with Gasteiger partial charge in [0.15, 0.2) is 0 Å². The number of nitrogens with zero attached hydrogens (tertiary/aromatic N) is 4. The molecule has 170 valence electrons. The number of aryl methyl sites for hydroxylation is 1. The van der Waals surface area contributed by atoms with Crippen molar-refractivity contribution in [3.8, 4) is 17.0 Å². The largest absolute Gasteiger partial charge is 0.497 e. The number of hydrogen-bond acceptors (Lipinski definition) is 5. The number of imidazole rings is 1. The zero-order chi connectivity index (χ0) is 23.4. The molecule has 0 N–H and O–H groups in total. The molecule has 0 fully saturated rings. The van der Waals surface area contributed by atoms with Crippen LogP contribution in [0.2, 0.25) is 0 Å². The van der Waals surface area contributed by atoms with Gasteiger partial charge in [0.25, 0.3) is 0 Å². The van der Waals surface area contributed by atoms with Gasteiger partial charge in [-0.3, -0.25) is 4.98 Å². The Bertz CT molecular complexity index is 1330. The molecule has 4 rings (SSSR count). The smallest absolute Gasteiger partial charge is 0.243 e. The number of sulfonamides is 1. The van der Waals surface area contributed by atoms with Crippen molar-refractivity contribution in [2.75, 3.05) is 14.2 Å². The summed E-state index contributed by atoms with van der Waals surface area (Å²) in [4.78, 5) is 9.10. The van der Waals surface area contributed by atoms with Gasteiger partial charge in [0.2, 0.25) is 10.0 Å². The number of ether oxygens (including phenoxy) is 1. The molecule has 0 saturated carbocycles. The summed E-state index contributed by atoms with van der Waals surface area (Å²) in [7, 11) is 1.36. The normalized spacial score (nSPS) is 11.6. The minimum atomic E-state index is -3.71. The van der Waals surface area contributed by atoms with Gasteiger partial charge in [-0.15, -0.1) is 0 Å². The van der Waals surface area contributed by atoms with Crippen molar-refractivity contribution >= 4 is 10.0 Å². The molecular formula is C25H26N4O3S. The number of aromatic nitrogens is 3. The highest BCUT2D eigenvalue weighted by molar-refractivity contribution is 7.89. The lowest BCUT2D eigenvalue weighted by Gasteiger charge is -2.19. The summed E-state index contributed by atoms with van der Waals surface area (Å²) in [6.45, 7) is 0.251. The van der Waals surface area contributed by atoms with Crippen LogP contribution in [0.4, 0.5) is 0 Å². The first-order chi connectivity index (χ1) is 15.9. The minimum absolute atomic E-state index is 0.226. The third kappa shape index (κ3) is 5.13. The summed E-state index contributed by atoms with van der Waals surface area (Å²) in [5.41, 5.74) is 4.24. The molecule has 2 heterocycles. The molecule has 7 nitrogen and oxygen atoms in total. The van der Waals surface area contributed by atoms with E-state index in [1.165, 1.54) is 4.31 Å². The highest BCUT2D eigenvalue weighted by Crippen LogP contribution is 2.29. The van der Waals surface area contributed by atoms with Crippen molar-refractivity contribution in [2.45, 2.75) is 17.9 Å². The fraction of sp³-hybridized carbons (Fsp3) is 0.200. The van der Waals surface area contributed by atoms with Crippen LogP contribution in [0.5, 0.6) is 5.75 Å². The van der Waals surface area contributed by atoms with E-state index in [-0.39, 0.29) is 11.4 Å². The first-order valence-corrected chi connectivity index (χ1v) is 11.9. The molecule has 0 aliphatic carbocycles. The monoisotopic (exact) mass is 462 g/mol. The fourth-order valence-corrected chi connectivity index (χ4v) is 4.80. The molecule has 33 heavy (non-hydrogen) atoms. The topological polar surface area (TPSA) is 77.3 Å². The van der Waals surface area contributed by atoms with E-state index in [0.717, 1.165) is 33.8 Å². The Morgan fingerprint density at radius 1 is 1.03 bits per heavy atom. The van der Waals surface area contributed by atoms with Gasteiger partial charge in [0.05, 0.1) is 24.0 Å². The Balaban J connectivity index is 1.67. The lowest BCUT2D eigenvalue weighted by atomic mass is 10.0. The molecule has 0 unspecified atom stereocenters. The third-order valence-electron chi connectivity index (χ3n) is 5.43. The first kappa shape index (κ1) is 22.7. The number of pyridine rings is 1. The van der Waals surface area contributed by atoms with Crippen molar-refractivity contribution < 1.29 is 13.2 Å². The van der Waals surface area contributed by atoms with Crippen molar-refractivity contribution in [1.82, 2.24) is 18.8 Å². The Hall–Kier alpha value is -3.49. The maximum Gasteiger partial charge on any atom is 0.243 e. The summed E-state index contributed by atoms with van der Waals surface area (Å²) < 4.78 is 35.1. The number of benzene rings is 2. The van der Waals surface area contributed by atoms with Gasteiger partial charge in [-0.2, -0.15) is 4.31 Å². The second-order valence-electron chi connectivity index (χ2n) is 7.85. The minimum Gasteiger partial charge on any atom is -0.497 e. The lowest BCUT2D eigenvalue weighted by molar-refractivity contribution is 0.414. The van der Waals surface area contributed by atoms with Crippen LogP contribution in [0.3, 0.4) is 0 Å². The SMILES string of the molecule is COc1ccc(CN(C)S(=O)(=O)c2ccc(Cc3ccccn3)c(-c3cn(C)cn3)c2)cc1.